The van der Waals surface area contributed by atoms with E-state index in [9.17, 15) is 10.1 Å². The summed E-state index contributed by atoms with van der Waals surface area (Å²) >= 11 is 0. The zero-order chi connectivity index (χ0) is 16.4. The molecular formula is C16H15N3O4. The normalized spacial score (nSPS) is 10.7. The van der Waals surface area contributed by atoms with Crippen molar-refractivity contribution in [1.29, 1.82) is 0 Å². The van der Waals surface area contributed by atoms with Gasteiger partial charge in [0.2, 0.25) is 0 Å². The van der Waals surface area contributed by atoms with E-state index in [1.54, 1.807) is 19.2 Å². The van der Waals surface area contributed by atoms with Gasteiger partial charge in [0.05, 0.1) is 31.2 Å². The summed E-state index contributed by atoms with van der Waals surface area (Å²) in [4.78, 5) is 15.0. The van der Waals surface area contributed by atoms with Gasteiger partial charge in [-0.15, -0.1) is 0 Å². The fourth-order valence-electron chi connectivity index (χ4n) is 2.48. The van der Waals surface area contributed by atoms with Gasteiger partial charge >= 0.3 is 0 Å². The molecule has 118 valence electrons. The Bertz CT molecular complexity index is 856. The first-order valence-corrected chi connectivity index (χ1v) is 6.94. The molecule has 0 atom stereocenters. The van der Waals surface area contributed by atoms with Gasteiger partial charge in [0.25, 0.3) is 11.7 Å². The second kappa shape index (κ2) is 5.96. The molecule has 0 amide bonds. The zero-order valence-corrected chi connectivity index (χ0v) is 12.7. The molecule has 0 unspecified atom stereocenters. The second-order valence-corrected chi connectivity index (χ2v) is 4.93. The predicted octanol–water partition coefficient (Wildman–Crippen LogP) is 3.01. The van der Waals surface area contributed by atoms with Gasteiger partial charge in [0, 0.05) is 6.07 Å². The van der Waals surface area contributed by atoms with E-state index in [0.717, 1.165) is 11.3 Å². The smallest absolute Gasteiger partial charge is 0.297 e. The minimum absolute atomic E-state index is 0.0331. The number of benzene rings is 2. The number of nitro benzene ring substituents is 1. The lowest BCUT2D eigenvalue weighted by Crippen LogP contribution is -2.02. The number of para-hydroxylation sites is 1. The minimum atomic E-state index is -0.438. The first kappa shape index (κ1) is 14.8. The van der Waals surface area contributed by atoms with Crippen molar-refractivity contribution in [2.75, 3.05) is 14.2 Å². The quantitative estimate of drug-likeness (QED) is 0.534. The fraction of sp³-hybridized carbons (Fsp3) is 0.188. The summed E-state index contributed by atoms with van der Waals surface area (Å²) in [5.41, 5.74) is 1.96. The van der Waals surface area contributed by atoms with Crippen molar-refractivity contribution in [2.45, 2.75) is 6.54 Å². The van der Waals surface area contributed by atoms with E-state index in [-0.39, 0.29) is 5.69 Å². The van der Waals surface area contributed by atoms with Gasteiger partial charge in [-0.3, -0.25) is 14.7 Å². The van der Waals surface area contributed by atoms with Crippen molar-refractivity contribution in [1.82, 2.24) is 9.55 Å². The van der Waals surface area contributed by atoms with Crippen LogP contribution in [0.15, 0.2) is 42.5 Å². The summed E-state index contributed by atoms with van der Waals surface area (Å²) in [6.07, 6.45) is 0. The predicted molar refractivity (Wildman–Crippen MR) is 85.0 cm³/mol. The Morgan fingerprint density at radius 3 is 2.48 bits per heavy atom. The molecule has 0 saturated heterocycles. The number of aromatic nitrogens is 2. The number of methoxy groups -OCH3 is 2. The van der Waals surface area contributed by atoms with E-state index < -0.39 is 4.92 Å². The van der Waals surface area contributed by atoms with Gasteiger partial charge in [-0.25, -0.2) is 0 Å². The van der Waals surface area contributed by atoms with Gasteiger partial charge in [-0.2, -0.15) is 4.98 Å². The zero-order valence-electron chi connectivity index (χ0n) is 12.7. The van der Waals surface area contributed by atoms with Crippen molar-refractivity contribution in [3.05, 3.63) is 58.1 Å². The van der Waals surface area contributed by atoms with Crippen molar-refractivity contribution < 1.29 is 14.4 Å². The number of ether oxygens (including phenoxy) is 2. The van der Waals surface area contributed by atoms with E-state index >= 15 is 0 Å². The minimum Gasteiger partial charge on any atom is -0.497 e. The Balaban J connectivity index is 2.08. The lowest BCUT2D eigenvalue weighted by atomic mass is 10.2. The van der Waals surface area contributed by atoms with Crippen molar-refractivity contribution in [3.63, 3.8) is 0 Å². The van der Waals surface area contributed by atoms with Crippen LogP contribution in [0.5, 0.6) is 11.8 Å². The number of hydrogen-bond donors (Lipinski definition) is 0. The Hall–Kier alpha value is -3.09. The molecule has 0 saturated carbocycles. The lowest BCUT2D eigenvalue weighted by molar-refractivity contribution is -0.383. The number of nitrogens with zero attached hydrogens (tertiary/aromatic N) is 3. The highest BCUT2D eigenvalue weighted by Crippen LogP contribution is 2.29. The van der Waals surface area contributed by atoms with E-state index in [0.29, 0.717) is 23.6 Å². The summed E-state index contributed by atoms with van der Waals surface area (Å²) in [6, 6.07) is 12.8. The number of hydrogen-bond acceptors (Lipinski definition) is 5. The number of fused-ring (bicyclic) bond motifs is 1. The molecule has 0 aliphatic heterocycles. The number of nitro groups is 1. The standard InChI is InChI=1S/C16H15N3O4/c1-22-12-8-6-11(7-9-12)10-18-13-4-3-5-14(19(20)21)15(13)17-16(18)23-2/h3-9H,10H2,1-2H3. The highest BCUT2D eigenvalue weighted by atomic mass is 16.6. The van der Waals surface area contributed by atoms with E-state index in [1.807, 2.05) is 28.8 Å². The summed E-state index contributed by atoms with van der Waals surface area (Å²) in [5, 5.41) is 11.2. The molecular weight excluding hydrogens is 298 g/mol. The molecule has 0 radical (unpaired) electrons. The van der Waals surface area contributed by atoms with Gasteiger partial charge < -0.3 is 9.47 Å². The molecule has 2 aromatic carbocycles. The van der Waals surface area contributed by atoms with Crippen LogP contribution in [-0.2, 0) is 6.54 Å². The maximum Gasteiger partial charge on any atom is 0.297 e. The van der Waals surface area contributed by atoms with E-state index in [2.05, 4.69) is 4.98 Å². The highest BCUT2D eigenvalue weighted by Gasteiger charge is 2.20. The van der Waals surface area contributed by atoms with E-state index in [1.165, 1.54) is 13.2 Å². The van der Waals surface area contributed by atoms with Gasteiger partial charge in [-0.1, -0.05) is 18.2 Å². The Kier molecular flexibility index (Phi) is 3.84. The molecule has 1 aromatic heterocycles. The number of non-ortho nitro benzene ring substituents is 1. The average molecular weight is 313 g/mol. The largest absolute Gasteiger partial charge is 0.497 e. The van der Waals surface area contributed by atoms with Gasteiger partial charge in [0.15, 0.2) is 5.52 Å². The van der Waals surface area contributed by atoms with Crippen molar-refractivity contribution >= 4 is 16.7 Å². The maximum absolute atomic E-state index is 11.2. The van der Waals surface area contributed by atoms with Crippen LogP contribution >= 0.6 is 0 Å². The van der Waals surface area contributed by atoms with Crippen molar-refractivity contribution in [3.8, 4) is 11.8 Å². The fourth-order valence-corrected chi connectivity index (χ4v) is 2.48. The van der Waals surface area contributed by atoms with Crippen LogP contribution in [-0.4, -0.2) is 28.7 Å². The maximum atomic E-state index is 11.2. The molecule has 0 aliphatic carbocycles. The summed E-state index contributed by atoms with van der Waals surface area (Å²) in [5.74, 6) is 0.770. The molecule has 7 nitrogen and oxygen atoms in total. The first-order chi connectivity index (χ1) is 11.1. The molecule has 23 heavy (non-hydrogen) atoms. The first-order valence-electron chi connectivity index (χ1n) is 6.94. The molecule has 3 aromatic rings. The monoisotopic (exact) mass is 313 g/mol. The van der Waals surface area contributed by atoms with Crippen LogP contribution in [0.3, 0.4) is 0 Å². The van der Waals surface area contributed by atoms with Crippen LogP contribution in [0.1, 0.15) is 5.56 Å². The third kappa shape index (κ3) is 2.68. The van der Waals surface area contributed by atoms with Crippen LogP contribution < -0.4 is 9.47 Å². The van der Waals surface area contributed by atoms with Crippen LogP contribution in [0, 0.1) is 10.1 Å². The molecule has 0 aliphatic rings. The van der Waals surface area contributed by atoms with Crippen LogP contribution in [0.25, 0.3) is 11.0 Å². The second-order valence-electron chi connectivity index (χ2n) is 4.93. The summed E-state index contributed by atoms with van der Waals surface area (Å²) < 4.78 is 12.2. The molecule has 0 fully saturated rings. The summed E-state index contributed by atoms with van der Waals surface area (Å²) in [6.45, 7) is 0.491. The van der Waals surface area contributed by atoms with E-state index in [4.69, 9.17) is 9.47 Å². The highest BCUT2D eigenvalue weighted by molar-refractivity contribution is 5.86. The van der Waals surface area contributed by atoms with Gasteiger partial charge in [0.1, 0.15) is 5.75 Å². The molecule has 0 spiro atoms. The number of imidazole rings is 1. The lowest BCUT2D eigenvalue weighted by Gasteiger charge is -2.08. The Morgan fingerprint density at radius 1 is 1.13 bits per heavy atom. The third-order valence-electron chi connectivity index (χ3n) is 3.60. The molecule has 0 N–H and O–H groups in total. The van der Waals surface area contributed by atoms with Crippen LogP contribution in [0.2, 0.25) is 0 Å². The average Bonchev–Trinajstić information content (AvgIpc) is 2.93. The molecule has 7 heteroatoms. The molecule has 3 rings (SSSR count). The van der Waals surface area contributed by atoms with Crippen molar-refractivity contribution in [2.24, 2.45) is 0 Å². The molecule has 0 bridgehead atoms. The van der Waals surface area contributed by atoms with Crippen LogP contribution in [0.4, 0.5) is 5.69 Å². The molecule has 1 heterocycles. The topological polar surface area (TPSA) is 79.4 Å². The van der Waals surface area contributed by atoms with Gasteiger partial charge in [-0.05, 0) is 23.8 Å². The number of rotatable bonds is 5. The Morgan fingerprint density at radius 2 is 1.87 bits per heavy atom. The summed E-state index contributed by atoms with van der Waals surface area (Å²) in [7, 11) is 3.11. The Labute approximate surface area is 132 Å². The third-order valence-corrected chi connectivity index (χ3v) is 3.60. The SMILES string of the molecule is COc1ccc(Cn2c(OC)nc3c([N+](=O)[O-])cccc32)cc1.